The highest BCUT2D eigenvalue weighted by Crippen LogP contribution is 2.17. The van der Waals surface area contributed by atoms with E-state index in [1.54, 1.807) is 0 Å². The molecule has 2 aromatic rings. The minimum atomic E-state index is 0.0489. The number of hydrogen-bond donors (Lipinski definition) is 2. The maximum Gasteiger partial charge on any atom is 0.119 e. The summed E-state index contributed by atoms with van der Waals surface area (Å²) in [6.45, 7) is 3.64. The molecule has 20 heavy (non-hydrogen) atoms. The summed E-state index contributed by atoms with van der Waals surface area (Å²) in [5, 5.41) is 4.32. The normalized spacial score (nSPS) is 12.3. The molecule has 1 aromatic heterocycles. The molecule has 0 spiro atoms. The Morgan fingerprint density at radius 2 is 2.10 bits per heavy atom. The molecule has 1 heterocycles. The highest BCUT2D eigenvalue weighted by atomic mass is 16.5. The fraction of sp³-hybridized carbons (Fsp3) is 0.400. The van der Waals surface area contributed by atoms with Gasteiger partial charge in [-0.05, 0) is 24.6 Å². The van der Waals surface area contributed by atoms with Crippen molar-refractivity contribution in [3.63, 3.8) is 0 Å². The third kappa shape index (κ3) is 3.82. The Labute approximate surface area is 119 Å². The third-order valence-corrected chi connectivity index (χ3v) is 3.16. The van der Waals surface area contributed by atoms with Gasteiger partial charge >= 0.3 is 0 Å². The van der Waals surface area contributed by atoms with Crippen LogP contribution in [0.2, 0.25) is 0 Å². The van der Waals surface area contributed by atoms with E-state index < -0.39 is 0 Å². The number of nitrogens with zero attached hydrogens (tertiary/aromatic N) is 2. The third-order valence-electron chi connectivity index (χ3n) is 3.16. The van der Waals surface area contributed by atoms with Crippen molar-refractivity contribution < 1.29 is 4.74 Å². The van der Waals surface area contributed by atoms with E-state index in [2.05, 4.69) is 17.4 Å². The number of hydrogen-bond acceptors (Lipinski definition) is 4. The Hall–Kier alpha value is -1.85. The van der Waals surface area contributed by atoms with E-state index in [0.717, 1.165) is 30.8 Å². The molecule has 0 fully saturated rings. The van der Waals surface area contributed by atoms with E-state index >= 15 is 0 Å². The molecule has 3 N–H and O–H groups in total. The molecule has 0 bridgehead atoms. The smallest absolute Gasteiger partial charge is 0.119 e. The second-order valence-corrected chi connectivity index (χ2v) is 4.65. The standard InChI is InChI=1S/C15H22N4O/c1-2-11-19-15(8-10-17-19)14(18-16)9-12-20-13-6-4-3-5-7-13/h3-8,10,14,18H,2,9,11-12,16H2,1H3. The average molecular weight is 274 g/mol. The van der Waals surface area contributed by atoms with Crippen molar-refractivity contribution in [3.8, 4) is 5.75 Å². The van der Waals surface area contributed by atoms with Gasteiger partial charge in [-0.3, -0.25) is 16.0 Å². The topological polar surface area (TPSA) is 65.1 Å². The van der Waals surface area contributed by atoms with Crippen LogP contribution in [-0.2, 0) is 6.54 Å². The number of para-hydroxylation sites is 1. The first-order valence-corrected chi connectivity index (χ1v) is 7.00. The van der Waals surface area contributed by atoms with Crippen molar-refractivity contribution in [3.05, 3.63) is 48.3 Å². The predicted molar refractivity (Wildman–Crippen MR) is 79.1 cm³/mol. The summed E-state index contributed by atoms with van der Waals surface area (Å²) in [5.74, 6) is 6.54. The lowest BCUT2D eigenvalue weighted by Gasteiger charge is -2.17. The molecular weight excluding hydrogens is 252 g/mol. The van der Waals surface area contributed by atoms with Gasteiger partial charge in [0, 0.05) is 19.2 Å². The number of rotatable bonds is 8. The highest BCUT2D eigenvalue weighted by molar-refractivity contribution is 5.20. The number of benzene rings is 1. The molecule has 0 aliphatic rings. The van der Waals surface area contributed by atoms with Gasteiger partial charge in [-0.2, -0.15) is 5.10 Å². The second kappa shape index (κ2) is 7.67. The zero-order valence-corrected chi connectivity index (χ0v) is 11.8. The SMILES string of the molecule is CCCn1nccc1C(CCOc1ccccc1)NN. The summed E-state index contributed by atoms with van der Waals surface area (Å²) >= 11 is 0. The maximum atomic E-state index is 5.71. The van der Waals surface area contributed by atoms with Crippen LogP contribution in [0.25, 0.3) is 0 Å². The number of aryl methyl sites for hydroxylation is 1. The molecule has 0 aliphatic heterocycles. The van der Waals surface area contributed by atoms with Crippen LogP contribution in [0.5, 0.6) is 5.75 Å². The summed E-state index contributed by atoms with van der Waals surface area (Å²) < 4.78 is 7.70. The van der Waals surface area contributed by atoms with Crippen LogP contribution in [-0.4, -0.2) is 16.4 Å². The molecule has 1 atom stereocenters. The molecular formula is C15H22N4O. The van der Waals surface area contributed by atoms with E-state index in [0.29, 0.717) is 6.61 Å². The minimum absolute atomic E-state index is 0.0489. The number of nitrogens with two attached hydrogens (primary N) is 1. The Morgan fingerprint density at radius 1 is 1.30 bits per heavy atom. The molecule has 5 nitrogen and oxygen atoms in total. The first-order valence-electron chi connectivity index (χ1n) is 7.00. The van der Waals surface area contributed by atoms with Gasteiger partial charge < -0.3 is 4.74 Å². The van der Waals surface area contributed by atoms with Gasteiger partial charge in [-0.25, -0.2) is 0 Å². The lowest BCUT2D eigenvalue weighted by molar-refractivity contribution is 0.282. The maximum absolute atomic E-state index is 5.71. The van der Waals surface area contributed by atoms with Crippen LogP contribution in [0.1, 0.15) is 31.5 Å². The fourth-order valence-corrected chi connectivity index (χ4v) is 2.17. The Bertz CT molecular complexity index is 498. The molecule has 1 unspecified atom stereocenters. The molecule has 5 heteroatoms. The van der Waals surface area contributed by atoms with E-state index in [4.69, 9.17) is 10.6 Å². The van der Waals surface area contributed by atoms with Crippen LogP contribution in [0, 0.1) is 0 Å². The Morgan fingerprint density at radius 3 is 2.80 bits per heavy atom. The first-order chi connectivity index (χ1) is 9.85. The Kier molecular flexibility index (Phi) is 5.58. The quantitative estimate of drug-likeness (QED) is 0.572. The lowest BCUT2D eigenvalue weighted by atomic mass is 10.1. The molecule has 0 saturated heterocycles. The second-order valence-electron chi connectivity index (χ2n) is 4.65. The fourth-order valence-electron chi connectivity index (χ4n) is 2.17. The van der Waals surface area contributed by atoms with E-state index in [1.165, 1.54) is 0 Å². The number of hydrazine groups is 1. The van der Waals surface area contributed by atoms with Gasteiger partial charge in [0.05, 0.1) is 18.3 Å². The van der Waals surface area contributed by atoms with Gasteiger partial charge in [0.2, 0.25) is 0 Å². The summed E-state index contributed by atoms with van der Waals surface area (Å²) in [4.78, 5) is 0. The largest absolute Gasteiger partial charge is 0.494 e. The zero-order valence-electron chi connectivity index (χ0n) is 11.8. The van der Waals surface area contributed by atoms with E-state index in [-0.39, 0.29) is 6.04 Å². The van der Waals surface area contributed by atoms with Crippen LogP contribution in [0.15, 0.2) is 42.6 Å². The van der Waals surface area contributed by atoms with Crippen molar-refractivity contribution >= 4 is 0 Å². The summed E-state index contributed by atoms with van der Waals surface area (Å²) in [7, 11) is 0. The number of nitrogens with one attached hydrogen (secondary N) is 1. The monoisotopic (exact) mass is 274 g/mol. The van der Waals surface area contributed by atoms with Gasteiger partial charge in [-0.1, -0.05) is 25.1 Å². The van der Waals surface area contributed by atoms with E-state index in [1.807, 2.05) is 47.3 Å². The molecule has 0 saturated carbocycles. The number of aromatic nitrogens is 2. The van der Waals surface area contributed by atoms with Crippen molar-refractivity contribution in [2.75, 3.05) is 6.61 Å². The van der Waals surface area contributed by atoms with Crippen molar-refractivity contribution in [2.45, 2.75) is 32.4 Å². The zero-order chi connectivity index (χ0) is 14.2. The highest BCUT2D eigenvalue weighted by Gasteiger charge is 2.14. The van der Waals surface area contributed by atoms with Gasteiger partial charge in [0.15, 0.2) is 0 Å². The van der Waals surface area contributed by atoms with Crippen LogP contribution < -0.4 is 16.0 Å². The molecule has 0 radical (unpaired) electrons. The molecule has 108 valence electrons. The lowest BCUT2D eigenvalue weighted by Crippen LogP contribution is -2.31. The summed E-state index contributed by atoms with van der Waals surface area (Å²) in [6.07, 6.45) is 3.65. The number of ether oxygens (including phenoxy) is 1. The minimum Gasteiger partial charge on any atom is -0.494 e. The van der Waals surface area contributed by atoms with Crippen molar-refractivity contribution in [2.24, 2.45) is 5.84 Å². The molecule has 2 rings (SSSR count). The van der Waals surface area contributed by atoms with Crippen LogP contribution in [0.4, 0.5) is 0 Å². The van der Waals surface area contributed by atoms with Gasteiger partial charge in [-0.15, -0.1) is 0 Å². The van der Waals surface area contributed by atoms with Crippen molar-refractivity contribution in [1.29, 1.82) is 0 Å². The summed E-state index contributed by atoms with van der Waals surface area (Å²) in [6, 6.07) is 11.9. The first kappa shape index (κ1) is 14.6. The van der Waals surface area contributed by atoms with Crippen LogP contribution in [0.3, 0.4) is 0 Å². The summed E-state index contributed by atoms with van der Waals surface area (Å²) in [5.41, 5.74) is 3.95. The van der Waals surface area contributed by atoms with Gasteiger partial charge in [0.25, 0.3) is 0 Å². The van der Waals surface area contributed by atoms with Crippen LogP contribution >= 0.6 is 0 Å². The van der Waals surface area contributed by atoms with Crippen molar-refractivity contribution in [1.82, 2.24) is 15.2 Å². The Balaban J connectivity index is 1.90. The average Bonchev–Trinajstić information content (AvgIpc) is 2.93. The predicted octanol–water partition coefficient (Wildman–Crippen LogP) is 2.27. The van der Waals surface area contributed by atoms with E-state index in [9.17, 15) is 0 Å². The molecule has 0 amide bonds. The molecule has 1 aromatic carbocycles. The van der Waals surface area contributed by atoms with Gasteiger partial charge in [0.1, 0.15) is 5.75 Å². The molecule has 0 aliphatic carbocycles.